The molecule has 0 aliphatic rings. The molecule has 0 saturated carbocycles. The largest absolute Gasteiger partial charge is 0.396 e. The highest BCUT2D eigenvalue weighted by molar-refractivity contribution is 5.94. The molecule has 0 aliphatic heterocycles. The van der Waals surface area contributed by atoms with E-state index in [1.54, 1.807) is 13.0 Å². The summed E-state index contributed by atoms with van der Waals surface area (Å²) >= 11 is 0. The van der Waals surface area contributed by atoms with Crippen molar-refractivity contribution in [3.63, 3.8) is 0 Å². The fourth-order valence-electron chi connectivity index (χ4n) is 1.17. The van der Waals surface area contributed by atoms with E-state index >= 15 is 0 Å². The van der Waals surface area contributed by atoms with Crippen molar-refractivity contribution >= 4 is 5.78 Å². The molecule has 1 atom stereocenters. The predicted octanol–water partition coefficient (Wildman–Crippen LogP) is 1.98. The summed E-state index contributed by atoms with van der Waals surface area (Å²) in [6, 6.07) is 7.39. The summed E-state index contributed by atoms with van der Waals surface area (Å²) in [5.41, 5.74) is 1.72. The van der Waals surface area contributed by atoms with Crippen molar-refractivity contribution in [1.29, 1.82) is 0 Å². The third kappa shape index (κ3) is 2.39. The number of ketones is 1. The number of aliphatic hydroxyl groups excluding tert-OH is 1. The van der Waals surface area contributed by atoms with Crippen LogP contribution in [0.1, 0.15) is 35.7 Å². The number of Topliss-reactive ketones (excluding diaryl/α,β-unsaturated/α-hetero) is 1. The van der Waals surface area contributed by atoms with Gasteiger partial charge in [0, 0.05) is 18.1 Å². The summed E-state index contributed by atoms with van der Waals surface area (Å²) < 4.78 is 0. The molecule has 0 heterocycles. The minimum atomic E-state index is 0.0620. The van der Waals surface area contributed by atoms with E-state index in [9.17, 15) is 4.79 Å². The zero-order valence-electron chi connectivity index (χ0n) is 7.95. The molecule has 0 radical (unpaired) electrons. The van der Waals surface area contributed by atoms with E-state index in [4.69, 9.17) is 5.11 Å². The van der Waals surface area contributed by atoms with Gasteiger partial charge in [-0.3, -0.25) is 4.79 Å². The van der Waals surface area contributed by atoms with Crippen LogP contribution in [-0.4, -0.2) is 17.5 Å². The van der Waals surface area contributed by atoms with Crippen LogP contribution in [0.15, 0.2) is 24.3 Å². The maximum atomic E-state index is 11.0. The molecule has 0 aromatic heterocycles. The smallest absolute Gasteiger partial charge is 0.159 e. The van der Waals surface area contributed by atoms with Gasteiger partial charge < -0.3 is 5.11 Å². The highest BCUT2D eigenvalue weighted by Gasteiger charge is 2.05. The van der Waals surface area contributed by atoms with Crippen molar-refractivity contribution in [2.24, 2.45) is 0 Å². The lowest BCUT2D eigenvalue weighted by atomic mass is 9.99. The van der Waals surface area contributed by atoms with E-state index in [0.717, 1.165) is 5.56 Å². The Morgan fingerprint density at radius 2 is 2.23 bits per heavy atom. The molecule has 0 bridgehead atoms. The number of rotatable bonds is 3. The number of benzene rings is 1. The lowest BCUT2D eigenvalue weighted by Crippen LogP contribution is -2.01. The molecule has 70 valence electrons. The second kappa shape index (κ2) is 4.19. The fourth-order valence-corrected chi connectivity index (χ4v) is 1.17. The van der Waals surface area contributed by atoms with Crippen molar-refractivity contribution in [3.8, 4) is 0 Å². The summed E-state index contributed by atoms with van der Waals surface area (Å²) in [5.74, 6) is 0.159. The average Bonchev–Trinajstić information content (AvgIpc) is 2.17. The molecule has 0 saturated heterocycles. The van der Waals surface area contributed by atoms with E-state index in [0.29, 0.717) is 5.56 Å². The maximum Gasteiger partial charge on any atom is 0.159 e. The Hall–Kier alpha value is -1.15. The standard InChI is InChI=1S/C11H14O2/c1-8(7-12)10-4-3-5-11(6-10)9(2)13/h3-6,8,12H,7H2,1-2H3. The Balaban J connectivity index is 2.98. The van der Waals surface area contributed by atoms with Gasteiger partial charge in [0.15, 0.2) is 5.78 Å². The summed E-state index contributed by atoms with van der Waals surface area (Å²) in [5, 5.41) is 8.93. The molecule has 1 rings (SSSR count). The molecule has 1 unspecified atom stereocenters. The van der Waals surface area contributed by atoms with Crippen LogP contribution in [0.25, 0.3) is 0 Å². The number of hydrogen-bond donors (Lipinski definition) is 1. The molecule has 0 spiro atoms. The van der Waals surface area contributed by atoms with Gasteiger partial charge in [-0.1, -0.05) is 25.1 Å². The molecule has 0 fully saturated rings. The summed E-state index contributed by atoms with van der Waals surface area (Å²) in [7, 11) is 0. The minimum absolute atomic E-state index is 0.0620. The second-order valence-corrected chi connectivity index (χ2v) is 3.27. The van der Waals surface area contributed by atoms with Crippen LogP contribution >= 0.6 is 0 Å². The van der Waals surface area contributed by atoms with Crippen molar-refractivity contribution < 1.29 is 9.90 Å². The highest BCUT2D eigenvalue weighted by Crippen LogP contribution is 2.15. The summed E-state index contributed by atoms with van der Waals surface area (Å²) in [6.07, 6.45) is 0. The normalized spacial score (nSPS) is 12.5. The van der Waals surface area contributed by atoms with Gasteiger partial charge in [-0.05, 0) is 18.6 Å². The molecule has 1 aromatic carbocycles. The summed E-state index contributed by atoms with van der Waals surface area (Å²) in [4.78, 5) is 11.0. The number of aliphatic hydroxyl groups is 1. The van der Waals surface area contributed by atoms with E-state index in [2.05, 4.69) is 0 Å². The lowest BCUT2D eigenvalue weighted by molar-refractivity contribution is 0.101. The Kier molecular flexibility index (Phi) is 3.20. The first-order valence-electron chi connectivity index (χ1n) is 4.37. The van der Waals surface area contributed by atoms with Crippen LogP contribution in [0.2, 0.25) is 0 Å². The van der Waals surface area contributed by atoms with Crippen LogP contribution < -0.4 is 0 Å². The Bertz CT molecular complexity index is 305. The van der Waals surface area contributed by atoms with Gasteiger partial charge in [-0.15, -0.1) is 0 Å². The van der Waals surface area contributed by atoms with Gasteiger partial charge in [0.05, 0.1) is 0 Å². The molecule has 1 aromatic rings. The second-order valence-electron chi connectivity index (χ2n) is 3.27. The monoisotopic (exact) mass is 178 g/mol. The number of hydrogen-bond acceptors (Lipinski definition) is 2. The molecule has 1 N–H and O–H groups in total. The van der Waals surface area contributed by atoms with Gasteiger partial charge in [0.25, 0.3) is 0 Å². The van der Waals surface area contributed by atoms with E-state index < -0.39 is 0 Å². The minimum Gasteiger partial charge on any atom is -0.396 e. The molecular formula is C11H14O2. The number of carbonyl (C=O) groups excluding carboxylic acids is 1. The van der Waals surface area contributed by atoms with Crippen molar-refractivity contribution in [2.75, 3.05) is 6.61 Å². The lowest BCUT2D eigenvalue weighted by Gasteiger charge is -2.08. The molecule has 13 heavy (non-hydrogen) atoms. The molecule has 0 aliphatic carbocycles. The van der Waals surface area contributed by atoms with Gasteiger partial charge >= 0.3 is 0 Å². The van der Waals surface area contributed by atoms with Crippen LogP contribution in [0.5, 0.6) is 0 Å². The first kappa shape index (κ1) is 9.93. The van der Waals surface area contributed by atoms with E-state index in [1.807, 2.05) is 25.1 Å². The third-order valence-electron chi connectivity index (χ3n) is 2.14. The van der Waals surface area contributed by atoms with Crippen LogP contribution in [0.4, 0.5) is 0 Å². The number of carbonyl (C=O) groups is 1. The Labute approximate surface area is 78.2 Å². The Morgan fingerprint density at radius 3 is 2.77 bits per heavy atom. The van der Waals surface area contributed by atoms with Crippen molar-refractivity contribution in [1.82, 2.24) is 0 Å². The SMILES string of the molecule is CC(=O)c1cccc(C(C)CO)c1. The predicted molar refractivity (Wildman–Crippen MR) is 51.9 cm³/mol. The van der Waals surface area contributed by atoms with Gasteiger partial charge in [0.1, 0.15) is 0 Å². The zero-order valence-corrected chi connectivity index (χ0v) is 7.95. The zero-order chi connectivity index (χ0) is 9.84. The van der Waals surface area contributed by atoms with Gasteiger partial charge in [-0.25, -0.2) is 0 Å². The maximum absolute atomic E-state index is 11.0. The molecule has 2 heteroatoms. The summed E-state index contributed by atoms with van der Waals surface area (Å²) in [6.45, 7) is 3.59. The van der Waals surface area contributed by atoms with E-state index in [-0.39, 0.29) is 18.3 Å². The molecule has 2 nitrogen and oxygen atoms in total. The molecule has 0 amide bonds. The first-order chi connectivity index (χ1) is 6.15. The van der Waals surface area contributed by atoms with E-state index in [1.165, 1.54) is 0 Å². The van der Waals surface area contributed by atoms with Gasteiger partial charge in [-0.2, -0.15) is 0 Å². The Morgan fingerprint density at radius 1 is 1.54 bits per heavy atom. The van der Waals surface area contributed by atoms with Crippen LogP contribution in [0, 0.1) is 0 Å². The van der Waals surface area contributed by atoms with Crippen molar-refractivity contribution in [2.45, 2.75) is 19.8 Å². The van der Waals surface area contributed by atoms with Crippen LogP contribution in [0.3, 0.4) is 0 Å². The fraction of sp³-hybridized carbons (Fsp3) is 0.364. The quantitative estimate of drug-likeness (QED) is 0.718. The highest BCUT2D eigenvalue weighted by atomic mass is 16.3. The third-order valence-corrected chi connectivity index (χ3v) is 2.14. The topological polar surface area (TPSA) is 37.3 Å². The average molecular weight is 178 g/mol. The van der Waals surface area contributed by atoms with Gasteiger partial charge in [0.2, 0.25) is 0 Å². The first-order valence-corrected chi connectivity index (χ1v) is 4.37. The van der Waals surface area contributed by atoms with Crippen molar-refractivity contribution in [3.05, 3.63) is 35.4 Å². The molecular weight excluding hydrogens is 164 g/mol. The van der Waals surface area contributed by atoms with Crippen LogP contribution in [-0.2, 0) is 0 Å².